The zero-order chi connectivity index (χ0) is 21.4. The highest BCUT2D eigenvalue weighted by Gasteiger charge is 2.34. The van der Waals surface area contributed by atoms with Crippen molar-refractivity contribution < 1.29 is 9.59 Å². The summed E-state index contributed by atoms with van der Waals surface area (Å²) >= 11 is 0. The number of amides is 1. The summed E-state index contributed by atoms with van der Waals surface area (Å²) in [5.74, 6) is 0.126. The van der Waals surface area contributed by atoms with Crippen molar-refractivity contribution in [2.24, 2.45) is 5.92 Å². The number of imidazole rings is 1. The number of rotatable bonds is 5. The largest absolute Gasteiger partial charge is 0.342 e. The zero-order valence-electron chi connectivity index (χ0n) is 17.6. The third kappa shape index (κ3) is 3.56. The van der Waals surface area contributed by atoms with Crippen molar-refractivity contribution in [2.45, 2.75) is 38.1 Å². The summed E-state index contributed by atoms with van der Waals surface area (Å²) in [5.41, 5.74) is 4.24. The van der Waals surface area contributed by atoms with Crippen molar-refractivity contribution in [2.75, 3.05) is 13.1 Å². The number of hydrogen-bond donors (Lipinski definition) is 0. The molecule has 2 aromatic heterocycles. The van der Waals surface area contributed by atoms with Crippen LogP contribution in [-0.4, -0.2) is 44.2 Å². The number of piperidine rings is 1. The fourth-order valence-electron chi connectivity index (χ4n) is 4.95. The molecule has 31 heavy (non-hydrogen) atoms. The summed E-state index contributed by atoms with van der Waals surface area (Å²) in [7, 11) is 0. The predicted molar refractivity (Wildman–Crippen MR) is 117 cm³/mol. The molecule has 1 saturated heterocycles. The third-order valence-corrected chi connectivity index (χ3v) is 6.76. The smallest absolute Gasteiger partial charge is 0.231 e. The normalized spacial score (nSPS) is 19.0. The standard InChI is InChI=1S/C25H26N4O2/c1-17(21-8-4-5-11-27-21)25(31)28-12-9-18(10-13-28)24(30)14-22-19-6-2-3-7-20(19)23-15-26-16-29(22)23/h2-8,11,15-18,22H,9-10,12-14H2,1H3. The molecule has 1 aromatic carbocycles. The van der Waals surface area contributed by atoms with E-state index in [1.54, 1.807) is 6.20 Å². The van der Waals surface area contributed by atoms with Gasteiger partial charge in [-0.3, -0.25) is 14.6 Å². The maximum absolute atomic E-state index is 13.2. The lowest BCUT2D eigenvalue weighted by atomic mass is 9.87. The van der Waals surface area contributed by atoms with Gasteiger partial charge in [-0.05, 0) is 37.5 Å². The number of ketones is 1. The van der Waals surface area contributed by atoms with Crippen LogP contribution in [0.1, 0.15) is 49.4 Å². The Hall–Kier alpha value is -3.28. The van der Waals surface area contributed by atoms with Gasteiger partial charge in [0.1, 0.15) is 5.78 Å². The van der Waals surface area contributed by atoms with Crippen LogP contribution in [0, 0.1) is 5.92 Å². The van der Waals surface area contributed by atoms with Gasteiger partial charge in [0.15, 0.2) is 0 Å². The van der Waals surface area contributed by atoms with Crippen LogP contribution in [0.4, 0.5) is 0 Å². The Morgan fingerprint density at radius 2 is 1.87 bits per heavy atom. The molecule has 0 spiro atoms. The highest BCUT2D eigenvalue weighted by atomic mass is 16.2. The van der Waals surface area contributed by atoms with Gasteiger partial charge < -0.3 is 9.47 Å². The fraction of sp³-hybridized carbons (Fsp3) is 0.360. The molecule has 0 bridgehead atoms. The SMILES string of the molecule is CC(C(=O)N1CCC(C(=O)CC2c3ccccc3-c3cncn32)CC1)c1ccccn1. The summed E-state index contributed by atoms with van der Waals surface area (Å²) in [6, 6.07) is 13.9. The molecule has 2 aliphatic heterocycles. The minimum Gasteiger partial charge on any atom is -0.342 e. The molecular weight excluding hydrogens is 388 g/mol. The molecule has 2 aliphatic rings. The Balaban J connectivity index is 1.22. The second-order valence-electron chi connectivity index (χ2n) is 8.54. The molecular formula is C25H26N4O2. The van der Waals surface area contributed by atoms with E-state index in [1.165, 1.54) is 11.1 Å². The minimum absolute atomic E-state index is 0.00828. The predicted octanol–water partition coefficient (Wildman–Crippen LogP) is 3.85. The maximum Gasteiger partial charge on any atom is 0.231 e. The molecule has 1 amide bonds. The van der Waals surface area contributed by atoms with Crippen LogP contribution in [0.2, 0.25) is 0 Å². The number of carbonyl (C=O) groups excluding carboxylic acids is 2. The Kier molecular flexibility index (Phi) is 5.14. The van der Waals surface area contributed by atoms with Crippen molar-refractivity contribution in [1.29, 1.82) is 0 Å². The number of carbonyl (C=O) groups is 2. The number of aromatic nitrogens is 3. The van der Waals surface area contributed by atoms with E-state index >= 15 is 0 Å². The van der Waals surface area contributed by atoms with Gasteiger partial charge >= 0.3 is 0 Å². The van der Waals surface area contributed by atoms with Crippen molar-refractivity contribution in [1.82, 2.24) is 19.4 Å². The molecule has 158 valence electrons. The van der Waals surface area contributed by atoms with Crippen LogP contribution in [-0.2, 0) is 9.59 Å². The summed E-state index contributed by atoms with van der Waals surface area (Å²) in [5, 5.41) is 0. The number of pyridine rings is 1. The molecule has 0 saturated carbocycles. The summed E-state index contributed by atoms with van der Waals surface area (Å²) in [6.45, 7) is 3.16. The average molecular weight is 415 g/mol. The molecule has 0 N–H and O–H groups in total. The van der Waals surface area contributed by atoms with Crippen LogP contribution in [0.25, 0.3) is 11.3 Å². The summed E-state index contributed by atoms with van der Waals surface area (Å²) < 4.78 is 2.12. The van der Waals surface area contributed by atoms with Gasteiger partial charge in [-0.1, -0.05) is 30.3 Å². The monoisotopic (exact) mass is 414 g/mol. The third-order valence-electron chi connectivity index (χ3n) is 6.76. The van der Waals surface area contributed by atoms with Gasteiger partial charge in [0.25, 0.3) is 0 Å². The lowest BCUT2D eigenvalue weighted by molar-refractivity contribution is -0.136. The number of hydrogen-bond acceptors (Lipinski definition) is 4. The van der Waals surface area contributed by atoms with Crippen molar-refractivity contribution in [3.05, 3.63) is 72.4 Å². The molecule has 6 heteroatoms. The van der Waals surface area contributed by atoms with Gasteiger partial charge in [0.2, 0.25) is 5.91 Å². The van der Waals surface area contributed by atoms with Gasteiger partial charge in [-0.25, -0.2) is 4.98 Å². The van der Waals surface area contributed by atoms with E-state index in [0.29, 0.717) is 19.5 Å². The minimum atomic E-state index is -0.261. The first-order valence-corrected chi connectivity index (χ1v) is 11.0. The molecule has 1 fully saturated rings. The van der Waals surface area contributed by atoms with Gasteiger partial charge in [-0.2, -0.15) is 0 Å². The second kappa shape index (κ2) is 8.10. The van der Waals surface area contributed by atoms with Crippen LogP contribution < -0.4 is 0 Å². The lowest BCUT2D eigenvalue weighted by Crippen LogP contribution is -2.42. The summed E-state index contributed by atoms with van der Waals surface area (Å²) in [6.07, 6.45) is 7.35. The first kappa shape index (κ1) is 19.7. The first-order chi connectivity index (χ1) is 15.1. The van der Waals surface area contributed by atoms with Crippen LogP contribution in [0.15, 0.2) is 61.2 Å². The van der Waals surface area contributed by atoms with E-state index in [4.69, 9.17) is 0 Å². The average Bonchev–Trinajstić information content (AvgIpc) is 3.41. The van der Waals surface area contributed by atoms with E-state index in [9.17, 15) is 9.59 Å². The van der Waals surface area contributed by atoms with E-state index in [2.05, 4.69) is 26.7 Å². The molecule has 3 aromatic rings. The van der Waals surface area contributed by atoms with Crippen LogP contribution in [0.5, 0.6) is 0 Å². The number of fused-ring (bicyclic) bond motifs is 3. The maximum atomic E-state index is 13.2. The second-order valence-corrected chi connectivity index (χ2v) is 8.54. The Morgan fingerprint density at radius 3 is 2.65 bits per heavy atom. The number of Topliss-reactive ketones (excluding diaryl/α,β-unsaturated/α-hetero) is 1. The number of likely N-dealkylation sites (tertiary alicyclic amines) is 1. The van der Waals surface area contributed by atoms with E-state index in [1.807, 2.05) is 54.7 Å². The van der Waals surface area contributed by atoms with Gasteiger partial charge in [-0.15, -0.1) is 0 Å². The van der Waals surface area contributed by atoms with E-state index < -0.39 is 0 Å². The molecule has 6 nitrogen and oxygen atoms in total. The first-order valence-electron chi connectivity index (χ1n) is 11.0. The molecule has 4 heterocycles. The number of nitrogens with zero attached hydrogens (tertiary/aromatic N) is 4. The molecule has 2 unspecified atom stereocenters. The fourth-order valence-corrected chi connectivity index (χ4v) is 4.95. The highest BCUT2D eigenvalue weighted by Crippen LogP contribution is 2.41. The molecule has 0 radical (unpaired) electrons. The topological polar surface area (TPSA) is 68.1 Å². The summed E-state index contributed by atoms with van der Waals surface area (Å²) in [4.78, 5) is 36.6. The van der Waals surface area contributed by atoms with Crippen molar-refractivity contribution in [3.63, 3.8) is 0 Å². The van der Waals surface area contributed by atoms with Crippen molar-refractivity contribution >= 4 is 11.7 Å². The Morgan fingerprint density at radius 1 is 1.10 bits per heavy atom. The van der Waals surface area contributed by atoms with Gasteiger partial charge in [0, 0.05) is 37.2 Å². The Bertz CT molecular complexity index is 1100. The van der Waals surface area contributed by atoms with E-state index in [-0.39, 0.29) is 29.6 Å². The molecule has 5 rings (SSSR count). The van der Waals surface area contributed by atoms with Gasteiger partial charge in [0.05, 0.1) is 35.9 Å². The van der Waals surface area contributed by atoms with Crippen LogP contribution in [0.3, 0.4) is 0 Å². The lowest BCUT2D eigenvalue weighted by Gasteiger charge is -2.33. The Labute approximate surface area is 181 Å². The highest BCUT2D eigenvalue weighted by molar-refractivity contribution is 5.85. The van der Waals surface area contributed by atoms with Crippen molar-refractivity contribution in [3.8, 4) is 11.3 Å². The quantitative estimate of drug-likeness (QED) is 0.636. The molecule has 2 atom stereocenters. The number of benzene rings is 1. The van der Waals surface area contributed by atoms with E-state index in [0.717, 1.165) is 24.2 Å². The van der Waals surface area contributed by atoms with Crippen LogP contribution >= 0.6 is 0 Å². The molecule has 0 aliphatic carbocycles. The zero-order valence-corrected chi connectivity index (χ0v) is 17.6.